The number of hydrogen-bond acceptors (Lipinski definition) is 6. The van der Waals surface area contributed by atoms with Crippen LogP contribution in [0.2, 0.25) is 0 Å². The van der Waals surface area contributed by atoms with Crippen LogP contribution in [-0.4, -0.2) is 34.8 Å². The molecular formula is C8H12ClN3O2S. The zero-order chi connectivity index (χ0) is 10.4. The van der Waals surface area contributed by atoms with Gasteiger partial charge in [-0.2, -0.15) is 0 Å². The molecule has 0 bridgehead atoms. The van der Waals surface area contributed by atoms with Crippen molar-refractivity contribution in [2.45, 2.75) is 11.2 Å². The molecule has 0 saturated carbocycles. The van der Waals surface area contributed by atoms with Gasteiger partial charge in [-0.1, -0.05) is 11.8 Å². The predicted molar refractivity (Wildman–Crippen MR) is 60.0 cm³/mol. The maximum Gasteiger partial charge on any atom is 0.323 e. The van der Waals surface area contributed by atoms with Crippen molar-refractivity contribution < 1.29 is 9.53 Å². The lowest BCUT2D eigenvalue weighted by molar-refractivity contribution is -0.141. The van der Waals surface area contributed by atoms with Crippen molar-refractivity contribution in [1.82, 2.24) is 9.97 Å². The van der Waals surface area contributed by atoms with E-state index in [1.165, 1.54) is 18.9 Å². The number of aromatic nitrogens is 2. The summed E-state index contributed by atoms with van der Waals surface area (Å²) in [6.45, 7) is 0. The topological polar surface area (TPSA) is 78.1 Å². The van der Waals surface area contributed by atoms with Crippen LogP contribution in [-0.2, 0) is 9.53 Å². The Kier molecular flexibility index (Phi) is 7.02. The van der Waals surface area contributed by atoms with Crippen LogP contribution >= 0.6 is 24.2 Å². The summed E-state index contributed by atoms with van der Waals surface area (Å²) in [4.78, 5) is 18.9. The molecule has 0 fully saturated rings. The van der Waals surface area contributed by atoms with Crippen molar-refractivity contribution in [2.75, 3.05) is 12.9 Å². The second kappa shape index (κ2) is 7.44. The minimum Gasteiger partial charge on any atom is -0.468 e. The third-order valence-corrected chi connectivity index (χ3v) is 2.43. The van der Waals surface area contributed by atoms with Gasteiger partial charge < -0.3 is 10.5 Å². The SMILES string of the molecule is COC(=O)C(N)CSc1ncccn1.Cl. The molecule has 1 heterocycles. The highest BCUT2D eigenvalue weighted by Gasteiger charge is 2.14. The fourth-order valence-corrected chi connectivity index (χ4v) is 1.48. The molecule has 15 heavy (non-hydrogen) atoms. The Morgan fingerprint density at radius 1 is 1.60 bits per heavy atom. The maximum atomic E-state index is 10.9. The van der Waals surface area contributed by atoms with E-state index >= 15 is 0 Å². The van der Waals surface area contributed by atoms with Crippen molar-refractivity contribution in [3.8, 4) is 0 Å². The summed E-state index contributed by atoms with van der Waals surface area (Å²) < 4.78 is 4.48. The molecule has 2 N–H and O–H groups in total. The average molecular weight is 250 g/mol. The smallest absolute Gasteiger partial charge is 0.323 e. The summed E-state index contributed by atoms with van der Waals surface area (Å²) >= 11 is 1.32. The van der Waals surface area contributed by atoms with E-state index in [1.54, 1.807) is 18.5 Å². The fourth-order valence-electron chi connectivity index (χ4n) is 0.744. The van der Waals surface area contributed by atoms with Crippen LogP contribution in [0.15, 0.2) is 23.6 Å². The number of esters is 1. The largest absolute Gasteiger partial charge is 0.468 e. The molecule has 0 radical (unpaired) electrons. The van der Waals surface area contributed by atoms with E-state index < -0.39 is 12.0 Å². The van der Waals surface area contributed by atoms with Gasteiger partial charge in [0.2, 0.25) is 0 Å². The van der Waals surface area contributed by atoms with Gasteiger partial charge in [0.15, 0.2) is 5.16 Å². The molecule has 1 aromatic heterocycles. The Morgan fingerprint density at radius 2 is 2.20 bits per heavy atom. The quantitative estimate of drug-likeness (QED) is 0.475. The number of hydrogen-bond donors (Lipinski definition) is 1. The van der Waals surface area contributed by atoms with E-state index in [0.717, 1.165) is 0 Å². The number of methoxy groups -OCH3 is 1. The van der Waals surface area contributed by atoms with Crippen LogP contribution in [0.3, 0.4) is 0 Å². The number of ether oxygens (including phenoxy) is 1. The van der Waals surface area contributed by atoms with Crippen LogP contribution in [0, 0.1) is 0 Å². The Hall–Kier alpha value is -0.850. The number of rotatable bonds is 4. The first kappa shape index (κ1) is 14.2. The van der Waals surface area contributed by atoms with E-state index in [-0.39, 0.29) is 12.4 Å². The third-order valence-electron chi connectivity index (χ3n) is 1.44. The summed E-state index contributed by atoms with van der Waals surface area (Å²) in [5.41, 5.74) is 5.52. The molecule has 84 valence electrons. The van der Waals surface area contributed by atoms with Gasteiger partial charge in [-0.25, -0.2) is 9.97 Å². The van der Waals surface area contributed by atoms with E-state index in [2.05, 4.69) is 14.7 Å². The summed E-state index contributed by atoms with van der Waals surface area (Å²) in [7, 11) is 1.31. The molecule has 1 rings (SSSR count). The Labute approximate surface area is 98.2 Å². The Balaban J connectivity index is 0.00000196. The summed E-state index contributed by atoms with van der Waals surface area (Å²) in [6.07, 6.45) is 3.28. The van der Waals surface area contributed by atoms with Crippen molar-refractivity contribution in [3.05, 3.63) is 18.5 Å². The van der Waals surface area contributed by atoms with Crippen molar-refractivity contribution in [3.63, 3.8) is 0 Å². The molecule has 0 aliphatic rings. The summed E-state index contributed by atoms with van der Waals surface area (Å²) in [5.74, 6) is -0.00937. The standard InChI is InChI=1S/C8H11N3O2S.ClH/c1-13-7(12)6(9)5-14-8-10-3-2-4-11-8;/h2-4,6H,5,9H2,1H3;1H. The van der Waals surface area contributed by atoms with Crippen molar-refractivity contribution in [1.29, 1.82) is 0 Å². The number of thioether (sulfide) groups is 1. The monoisotopic (exact) mass is 249 g/mol. The molecule has 0 spiro atoms. The molecule has 0 aromatic carbocycles. The zero-order valence-electron chi connectivity index (χ0n) is 8.12. The van der Waals surface area contributed by atoms with Gasteiger partial charge in [-0.05, 0) is 6.07 Å². The number of halogens is 1. The molecule has 0 amide bonds. The average Bonchev–Trinajstić information content (AvgIpc) is 2.26. The van der Waals surface area contributed by atoms with Crippen LogP contribution < -0.4 is 5.73 Å². The Morgan fingerprint density at radius 3 is 2.73 bits per heavy atom. The van der Waals surface area contributed by atoms with Crippen molar-refractivity contribution >= 4 is 30.1 Å². The number of carbonyl (C=O) groups is 1. The number of carbonyl (C=O) groups excluding carboxylic acids is 1. The Bertz CT molecular complexity index is 299. The van der Waals surface area contributed by atoms with Crippen LogP contribution in [0.25, 0.3) is 0 Å². The van der Waals surface area contributed by atoms with Gasteiger partial charge in [0, 0.05) is 18.1 Å². The van der Waals surface area contributed by atoms with E-state index in [4.69, 9.17) is 5.73 Å². The van der Waals surface area contributed by atoms with Gasteiger partial charge in [-0.3, -0.25) is 4.79 Å². The third kappa shape index (κ3) is 4.96. The van der Waals surface area contributed by atoms with E-state index in [1.807, 2.05) is 0 Å². The lowest BCUT2D eigenvalue weighted by Gasteiger charge is -2.06. The van der Waals surface area contributed by atoms with Crippen molar-refractivity contribution in [2.24, 2.45) is 5.73 Å². The first-order valence-corrected chi connectivity index (χ1v) is 4.96. The predicted octanol–water partition coefficient (Wildman–Crippen LogP) is 0.491. The highest BCUT2D eigenvalue weighted by molar-refractivity contribution is 7.99. The van der Waals surface area contributed by atoms with Crippen LogP contribution in [0.1, 0.15) is 0 Å². The second-order valence-electron chi connectivity index (χ2n) is 2.47. The van der Waals surface area contributed by atoms with Gasteiger partial charge in [0.25, 0.3) is 0 Å². The van der Waals surface area contributed by atoms with Crippen LogP contribution in [0.5, 0.6) is 0 Å². The molecule has 1 aromatic rings. The van der Waals surface area contributed by atoms with Crippen LogP contribution in [0.4, 0.5) is 0 Å². The minimum atomic E-state index is -0.631. The second-order valence-corrected chi connectivity index (χ2v) is 3.46. The first-order chi connectivity index (χ1) is 6.74. The zero-order valence-corrected chi connectivity index (χ0v) is 9.75. The lowest BCUT2D eigenvalue weighted by Crippen LogP contribution is -2.33. The first-order valence-electron chi connectivity index (χ1n) is 3.97. The lowest BCUT2D eigenvalue weighted by atomic mass is 10.4. The molecule has 5 nitrogen and oxygen atoms in total. The fraction of sp³-hybridized carbons (Fsp3) is 0.375. The number of nitrogens with two attached hydrogens (primary N) is 1. The number of nitrogens with zero attached hydrogens (tertiary/aromatic N) is 2. The summed E-state index contributed by atoms with van der Waals surface area (Å²) in [6, 6.07) is 1.10. The van der Waals surface area contributed by atoms with E-state index in [9.17, 15) is 4.79 Å². The minimum absolute atomic E-state index is 0. The highest BCUT2D eigenvalue weighted by Crippen LogP contribution is 2.11. The molecule has 0 aliphatic carbocycles. The van der Waals surface area contributed by atoms with E-state index in [0.29, 0.717) is 10.9 Å². The molecule has 1 unspecified atom stereocenters. The maximum absolute atomic E-state index is 10.9. The van der Waals surface area contributed by atoms with Gasteiger partial charge >= 0.3 is 5.97 Å². The molecule has 0 saturated heterocycles. The molecule has 0 aliphatic heterocycles. The molecule has 1 atom stereocenters. The summed E-state index contributed by atoms with van der Waals surface area (Å²) in [5, 5.41) is 0.604. The van der Waals surface area contributed by atoms with Gasteiger partial charge in [0.05, 0.1) is 7.11 Å². The van der Waals surface area contributed by atoms with Gasteiger partial charge in [-0.15, -0.1) is 12.4 Å². The van der Waals surface area contributed by atoms with Gasteiger partial charge in [0.1, 0.15) is 6.04 Å². The molecule has 7 heteroatoms. The highest BCUT2D eigenvalue weighted by atomic mass is 35.5. The molecular weight excluding hydrogens is 238 g/mol. The normalized spacial score (nSPS) is 11.3.